The highest BCUT2D eigenvalue weighted by atomic mass is 35.5. The molecule has 0 bridgehead atoms. The van der Waals surface area contributed by atoms with Gasteiger partial charge in [0.1, 0.15) is 0 Å². The van der Waals surface area contributed by atoms with Gasteiger partial charge in [0, 0.05) is 12.5 Å². The second kappa shape index (κ2) is 6.58. The van der Waals surface area contributed by atoms with Crippen LogP contribution in [0.5, 0.6) is 0 Å². The van der Waals surface area contributed by atoms with E-state index in [1.54, 1.807) is 0 Å². The van der Waals surface area contributed by atoms with Crippen LogP contribution in [0.1, 0.15) is 53.9 Å². The van der Waals surface area contributed by atoms with Crippen molar-refractivity contribution in [2.45, 2.75) is 72.0 Å². The molecule has 0 aromatic heterocycles. The van der Waals surface area contributed by atoms with E-state index in [-0.39, 0.29) is 5.41 Å². The molecule has 0 spiro atoms. The number of hydrogen-bond acceptors (Lipinski definition) is 1. The largest absolute Gasteiger partial charge is 0.416 e. The Morgan fingerprint density at radius 3 is 1.94 bits per heavy atom. The van der Waals surface area contributed by atoms with Crippen LogP contribution in [0.15, 0.2) is 0 Å². The Labute approximate surface area is 114 Å². The standard InChI is InChI=1S/C14H31ClOSi/c1-13(2,3)17(6,7)16-12-14(4,5)10-8-9-11-15/h8-12H2,1-7H3. The molecule has 0 rings (SSSR count). The first-order valence-corrected chi connectivity index (χ1v) is 10.2. The van der Waals surface area contributed by atoms with E-state index in [2.05, 4.69) is 47.7 Å². The molecule has 0 unspecified atom stereocenters. The molecule has 3 heteroatoms. The minimum Gasteiger partial charge on any atom is -0.416 e. The van der Waals surface area contributed by atoms with E-state index in [1.807, 2.05) is 0 Å². The zero-order valence-corrected chi connectivity index (χ0v) is 14.6. The second-order valence-corrected chi connectivity index (χ2v) is 12.5. The zero-order chi connectivity index (χ0) is 13.7. The van der Waals surface area contributed by atoms with Gasteiger partial charge < -0.3 is 4.43 Å². The van der Waals surface area contributed by atoms with Crippen molar-refractivity contribution in [3.63, 3.8) is 0 Å². The predicted octanol–water partition coefficient (Wildman–Crippen LogP) is 5.44. The van der Waals surface area contributed by atoms with Crippen LogP contribution in [0.4, 0.5) is 0 Å². The van der Waals surface area contributed by atoms with Crippen molar-refractivity contribution in [1.82, 2.24) is 0 Å². The van der Waals surface area contributed by atoms with Crippen LogP contribution in [0.25, 0.3) is 0 Å². The van der Waals surface area contributed by atoms with E-state index in [1.165, 1.54) is 12.8 Å². The summed E-state index contributed by atoms with van der Waals surface area (Å²) in [5, 5.41) is 0.305. The Hall–Kier alpha value is 0.467. The number of hydrogen-bond donors (Lipinski definition) is 0. The molecular weight excluding hydrogens is 248 g/mol. The van der Waals surface area contributed by atoms with Gasteiger partial charge in [-0.05, 0) is 36.4 Å². The number of unbranched alkanes of at least 4 members (excludes halogenated alkanes) is 1. The molecule has 0 saturated heterocycles. The maximum absolute atomic E-state index is 6.30. The molecule has 0 saturated carbocycles. The first-order valence-electron chi connectivity index (χ1n) is 6.72. The van der Waals surface area contributed by atoms with E-state index in [0.29, 0.717) is 5.04 Å². The average molecular weight is 279 g/mol. The minimum absolute atomic E-state index is 0.279. The van der Waals surface area contributed by atoms with Crippen LogP contribution in [0.2, 0.25) is 18.1 Å². The van der Waals surface area contributed by atoms with Crippen molar-refractivity contribution in [3.8, 4) is 0 Å². The minimum atomic E-state index is -1.59. The van der Waals surface area contributed by atoms with Gasteiger partial charge in [-0.3, -0.25) is 0 Å². The number of halogens is 1. The van der Waals surface area contributed by atoms with Crippen LogP contribution in [-0.4, -0.2) is 20.8 Å². The van der Waals surface area contributed by atoms with Crippen molar-refractivity contribution in [3.05, 3.63) is 0 Å². The maximum atomic E-state index is 6.30. The lowest BCUT2D eigenvalue weighted by Crippen LogP contribution is -2.43. The summed E-state index contributed by atoms with van der Waals surface area (Å²) in [6, 6.07) is 0. The van der Waals surface area contributed by atoms with Gasteiger partial charge in [-0.15, -0.1) is 11.6 Å². The Kier molecular flexibility index (Phi) is 6.76. The normalized spacial score (nSPS) is 14.1. The highest BCUT2D eigenvalue weighted by Crippen LogP contribution is 2.38. The third kappa shape index (κ3) is 6.83. The Morgan fingerprint density at radius 2 is 1.53 bits per heavy atom. The molecule has 0 atom stereocenters. The molecule has 0 N–H and O–H groups in total. The van der Waals surface area contributed by atoms with Gasteiger partial charge >= 0.3 is 0 Å². The summed E-state index contributed by atoms with van der Waals surface area (Å²) in [7, 11) is -1.59. The monoisotopic (exact) mass is 278 g/mol. The molecule has 0 aromatic rings. The van der Waals surface area contributed by atoms with Crippen molar-refractivity contribution in [2.75, 3.05) is 12.5 Å². The van der Waals surface area contributed by atoms with Crippen LogP contribution >= 0.6 is 11.6 Å². The fourth-order valence-electron chi connectivity index (χ4n) is 1.36. The first kappa shape index (κ1) is 17.5. The van der Waals surface area contributed by atoms with Gasteiger partial charge in [0.25, 0.3) is 0 Å². The van der Waals surface area contributed by atoms with Crippen molar-refractivity contribution >= 4 is 19.9 Å². The van der Waals surface area contributed by atoms with E-state index in [4.69, 9.17) is 16.0 Å². The fourth-order valence-corrected chi connectivity index (χ4v) is 2.74. The summed E-state index contributed by atoms with van der Waals surface area (Å²) in [5.41, 5.74) is 0.279. The third-order valence-corrected chi connectivity index (χ3v) is 8.61. The summed E-state index contributed by atoms with van der Waals surface area (Å²) >= 11 is 5.72. The van der Waals surface area contributed by atoms with Gasteiger partial charge in [-0.2, -0.15) is 0 Å². The molecule has 0 aliphatic heterocycles. The molecule has 0 heterocycles. The Balaban J connectivity index is 4.17. The zero-order valence-electron chi connectivity index (χ0n) is 12.8. The molecule has 104 valence electrons. The molecule has 0 fully saturated rings. The highest BCUT2D eigenvalue weighted by molar-refractivity contribution is 6.74. The summed E-state index contributed by atoms with van der Waals surface area (Å²) in [5.74, 6) is 0.777. The van der Waals surface area contributed by atoms with Crippen molar-refractivity contribution < 1.29 is 4.43 Å². The summed E-state index contributed by atoms with van der Waals surface area (Å²) < 4.78 is 6.30. The van der Waals surface area contributed by atoms with E-state index >= 15 is 0 Å². The van der Waals surface area contributed by atoms with Crippen LogP contribution in [0.3, 0.4) is 0 Å². The lowest BCUT2D eigenvalue weighted by Gasteiger charge is -2.39. The lowest BCUT2D eigenvalue weighted by atomic mass is 9.88. The molecule has 0 aromatic carbocycles. The van der Waals surface area contributed by atoms with E-state index in [0.717, 1.165) is 18.9 Å². The molecule has 1 nitrogen and oxygen atoms in total. The molecule has 0 radical (unpaired) electrons. The maximum Gasteiger partial charge on any atom is 0.192 e. The average Bonchev–Trinajstić information content (AvgIpc) is 2.14. The molecule has 0 amide bonds. The number of rotatable bonds is 7. The number of alkyl halides is 1. The van der Waals surface area contributed by atoms with Crippen LogP contribution < -0.4 is 0 Å². The topological polar surface area (TPSA) is 9.23 Å². The Bertz CT molecular complexity index is 219. The smallest absolute Gasteiger partial charge is 0.192 e. The van der Waals surface area contributed by atoms with Gasteiger partial charge in [0.05, 0.1) is 0 Å². The third-order valence-electron chi connectivity index (χ3n) is 3.87. The van der Waals surface area contributed by atoms with Gasteiger partial charge in [-0.1, -0.05) is 41.0 Å². The summed E-state index contributed by atoms with van der Waals surface area (Å²) in [6.45, 7) is 17.0. The fraction of sp³-hybridized carbons (Fsp3) is 1.00. The van der Waals surface area contributed by atoms with Gasteiger partial charge in [0.15, 0.2) is 8.32 Å². The molecule has 17 heavy (non-hydrogen) atoms. The lowest BCUT2D eigenvalue weighted by molar-refractivity contribution is 0.153. The summed E-state index contributed by atoms with van der Waals surface area (Å²) in [4.78, 5) is 0. The quantitative estimate of drug-likeness (QED) is 0.342. The van der Waals surface area contributed by atoms with Gasteiger partial charge in [-0.25, -0.2) is 0 Å². The van der Waals surface area contributed by atoms with Crippen molar-refractivity contribution in [2.24, 2.45) is 5.41 Å². The summed E-state index contributed by atoms with van der Waals surface area (Å²) in [6.07, 6.45) is 3.52. The van der Waals surface area contributed by atoms with Crippen LogP contribution in [0, 0.1) is 5.41 Å². The van der Waals surface area contributed by atoms with E-state index < -0.39 is 8.32 Å². The SMILES string of the molecule is CC(C)(CCCCCl)CO[Si](C)(C)C(C)(C)C. The highest BCUT2D eigenvalue weighted by Gasteiger charge is 2.38. The van der Waals surface area contributed by atoms with E-state index in [9.17, 15) is 0 Å². The molecule has 0 aliphatic carbocycles. The molecule has 0 aliphatic rings. The van der Waals surface area contributed by atoms with Crippen LogP contribution in [-0.2, 0) is 4.43 Å². The second-order valence-electron chi connectivity index (χ2n) is 7.36. The predicted molar refractivity (Wildman–Crippen MR) is 81.5 cm³/mol. The molecular formula is C14H31ClOSi. The van der Waals surface area contributed by atoms with Crippen molar-refractivity contribution in [1.29, 1.82) is 0 Å². The first-order chi connectivity index (χ1) is 7.52. The van der Waals surface area contributed by atoms with Gasteiger partial charge in [0.2, 0.25) is 0 Å². The Morgan fingerprint density at radius 1 is 1.00 bits per heavy atom.